The van der Waals surface area contributed by atoms with Crippen molar-refractivity contribution in [2.75, 3.05) is 18.1 Å². The minimum Gasteiger partial charge on any atom is -0.325 e. The normalized spacial score (nSPS) is 11.7. The molecule has 0 radical (unpaired) electrons. The number of carbonyl (C=O) groups is 1. The third-order valence-electron chi connectivity index (χ3n) is 4.13. The van der Waals surface area contributed by atoms with Gasteiger partial charge in [0.1, 0.15) is 0 Å². The lowest BCUT2D eigenvalue weighted by molar-refractivity contribution is -0.116. The van der Waals surface area contributed by atoms with Crippen LogP contribution >= 0.6 is 11.6 Å². The molecule has 0 heterocycles. The highest BCUT2D eigenvalue weighted by atomic mass is 35.5. The highest BCUT2D eigenvalue weighted by Gasteiger charge is 2.21. The quantitative estimate of drug-likeness (QED) is 0.680. The highest BCUT2D eigenvalue weighted by Crippen LogP contribution is 2.20. The lowest BCUT2D eigenvalue weighted by atomic mass is 10.1. The Morgan fingerprint density at radius 3 is 2.37 bits per heavy atom. The summed E-state index contributed by atoms with van der Waals surface area (Å²) in [5, 5.41) is 5.27. The van der Waals surface area contributed by atoms with E-state index in [2.05, 4.69) is 5.32 Å². The van der Waals surface area contributed by atoms with E-state index in [-0.39, 0.29) is 13.1 Å². The maximum absolute atomic E-state index is 12.4. The molecule has 27 heavy (non-hydrogen) atoms. The van der Waals surface area contributed by atoms with Gasteiger partial charge in [-0.05, 0) is 34.5 Å². The molecule has 0 aliphatic heterocycles. The van der Waals surface area contributed by atoms with E-state index in [1.165, 1.54) is 0 Å². The minimum absolute atomic E-state index is 0.0314. The summed E-state index contributed by atoms with van der Waals surface area (Å²) >= 11 is 6.12. The second kappa shape index (κ2) is 8.08. The molecule has 1 N–H and O–H groups in total. The lowest BCUT2D eigenvalue weighted by Crippen LogP contribution is -2.37. The monoisotopic (exact) mass is 402 g/mol. The summed E-state index contributed by atoms with van der Waals surface area (Å²) in [7, 11) is -3.59. The first-order chi connectivity index (χ1) is 12.8. The first-order valence-electron chi connectivity index (χ1n) is 8.30. The van der Waals surface area contributed by atoms with Crippen LogP contribution in [-0.4, -0.2) is 31.4 Å². The molecule has 3 aromatic rings. The van der Waals surface area contributed by atoms with Crippen molar-refractivity contribution in [2.24, 2.45) is 0 Å². The van der Waals surface area contributed by atoms with Gasteiger partial charge in [-0.15, -0.1) is 0 Å². The Kier molecular flexibility index (Phi) is 5.79. The van der Waals surface area contributed by atoms with Crippen molar-refractivity contribution in [3.63, 3.8) is 0 Å². The number of fused-ring (bicyclic) bond motifs is 1. The van der Waals surface area contributed by atoms with Crippen LogP contribution in [0.25, 0.3) is 10.8 Å². The molecule has 0 aliphatic carbocycles. The van der Waals surface area contributed by atoms with Crippen molar-refractivity contribution >= 4 is 44.0 Å². The molecule has 0 aromatic heterocycles. The van der Waals surface area contributed by atoms with Gasteiger partial charge in [0.05, 0.1) is 12.8 Å². The van der Waals surface area contributed by atoms with E-state index in [0.29, 0.717) is 16.3 Å². The standard InChI is InChI=1S/C20H19ClN2O3S/c1-27(25,26)23(13-17-8-4-5-9-19(17)21)14-20(24)22-18-11-10-15-6-2-3-7-16(15)12-18/h2-12H,13-14H2,1H3,(H,22,24). The van der Waals surface area contributed by atoms with E-state index >= 15 is 0 Å². The molecule has 0 saturated carbocycles. The second-order valence-electron chi connectivity index (χ2n) is 6.23. The lowest BCUT2D eigenvalue weighted by Gasteiger charge is -2.20. The molecule has 7 heteroatoms. The fourth-order valence-electron chi connectivity index (χ4n) is 2.73. The van der Waals surface area contributed by atoms with Crippen molar-refractivity contribution in [1.29, 1.82) is 0 Å². The number of halogens is 1. The van der Waals surface area contributed by atoms with Crippen LogP contribution in [0, 0.1) is 0 Å². The van der Waals surface area contributed by atoms with Crippen LogP contribution in [0.1, 0.15) is 5.56 Å². The minimum atomic E-state index is -3.59. The van der Waals surface area contributed by atoms with Gasteiger partial charge in [-0.1, -0.05) is 60.1 Å². The molecule has 5 nitrogen and oxygen atoms in total. The summed E-state index contributed by atoms with van der Waals surface area (Å²) in [5.41, 5.74) is 1.26. The molecule has 1 amide bonds. The van der Waals surface area contributed by atoms with E-state index in [4.69, 9.17) is 11.6 Å². The van der Waals surface area contributed by atoms with Crippen LogP contribution in [0.3, 0.4) is 0 Å². The topological polar surface area (TPSA) is 66.5 Å². The van der Waals surface area contributed by atoms with Gasteiger partial charge >= 0.3 is 0 Å². The first-order valence-corrected chi connectivity index (χ1v) is 10.5. The highest BCUT2D eigenvalue weighted by molar-refractivity contribution is 7.88. The Morgan fingerprint density at radius 1 is 1.00 bits per heavy atom. The second-order valence-corrected chi connectivity index (χ2v) is 8.62. The van der Waals surface area contributed by atoms with Crippen LogP contribution in [0.15, 0.2) is 66.7 Å². The molecular weight excluding hydrogens is 384 g/mol. The SMILES string of the molecule is CS(=O)(=O)N(CC(=O)Nc1ccc2ccccc2c1)Cc1ccccc1Cl. The van der Waals surface area contributed by atoms with E-state index in [1.54, 1.807) is 30.3 Å². The molecule has 0 saturated heterocycles. The molecule has 0 spiro atoms. The van der Waals surface area contributed by atoms with Gasteiger partial charge in [0.2, 0.25) is 15.9 Å². The largest absolute Gasteiger partial charge is 0.325 e. The van der Waals surface area contributed by atoms with Gasteiger partial charge in [-0.3, -0.25) is 4.79 Å². The summed E-state index contributed by atoms with van der Waals surface area (Å²) in [4.78, 5) is 12.4. The van der Waals surface area contributed by atoms with Gasteiger partial charge in [-0.2, -0.15) is 4.31 Å². The zero-order valence-corrected chi connectivity index (χ0v) is 16.3. The van der Waals surface area contributed by atoms with Gasteiger partial charge in [-0.25, -0.2) is 8.42 Å². The van der Waals surface area contributed by atoms with Crippen LogP contribution in [0.4, 0.5) is 5.69 Å². The number of sulfonamides is 1. The summed E-state index contributed by atoms with van der Waals surface area (Å²) < 4.78 is 25.3. The summed E-state index contributed by atoms with van der Waals surface area (Å²) in [6, 6.07) is 20.3. The van der Waals surface area contributed by atoms with Crippen molar-refractivity contribution in [1.82, 2.24) is 4.31 Å². The maximum Gasteiger partial charge on any atom is 0.239 e. The molecular formula is C20H19ClN2O3S. The Balaban J connectivity index is 1.75. The van der Waals surface area contributed by atoms with Gasteiger partial charge in [0.25, 0.3) is 0 Å². The number of nitrogens with zero attached hydrogens (tertiary/aromatic N) is 1. The molecule has 0 atom stereocenters. The zero-order chi connectivity index (χ0) is 19.4. The number of amides is 1. The molecule has 0 fully saturated rings. The number of nitrogens with one attached hydrogen (secondary N) is 1. The van der Waals surface area contributed by atoms with Crippen LogP contribution in [0.2, 0.25) is 5.02 Å². The van der Waals surface area contributed by atoms with Gasteiger partial charge < -0.3 is 5.32 Å². The average Bonchev–Trinajstić information content (AvgIpc) is 2.62. The Bertz CT molecular complexity index is 1080. The number of hydrogen-bond donors (Lipinski definition) is 1. The van der Waals surface area contributed by atoms with Crippen LogP contribution < -0.4 is 5.32 Å². The third kappa shape index (κ3) is 5.07. The van der Waals surface area contributed by atoms with Crippen molar-refractivity contribution < 1.29 is 13.2 Å². The van der Waals surface area contributed by atoms with E-state index < -0.39 is 15.9 Å². The van der Waals surface area contributed by atoms with Crippen LogP contribution in [-0.2, 0) is 21.4 Å². The van der Waals surface area contributed by atoms with E-state index in [0.717, 1.165) is 21.3 Å². The Labute approximate surface area is 163 Å². The molecule has 0 bridgehead atoms. The summed E-state index contributed by atoms with van der Waals surface area (Å²) in [5.74, 6) is -0.414. The fourth-order valence-corrected chi connectivity index (χ4v) is 3.66. The number of hydrogen-bond acceptors (Lipinski definition) is 3. The Morgan fingerprint density at radius 2 is 1.67 bits per heavy atom. The predicted molar refractivity (Wildman–Crippen MR) is 109 cm³/mol. The number of carbonyl (C=O) groups excluding carboxylic acids is 1. The smallest absolute Gasteiger partial charge is 0.239 e. The van der Waals surface area contributed by atoms with E-state index in [9.17, 15) is 13.2 Å². The van der Waals surface area contributed by atoms with E-state index in [1.807, 2.05) is 36.4 Å². The first kappa shape index (κ1) is 19.4. The third-order valence-corrected chi connectivity index (χ3v) is 5.69. The number of rotatable bonds is 6. The molecule has 140 valence electrons. The summed E-state index contributed by atoms with van der Waals surface area (Å²) in [6.45, 7) is -0.263. The van der Waals surface area contributed by atoms with Gasteiger partial charge in [0.15, 0.2) is 0 Å². The fraction of sp³-hybridized carbons (Fsp3) is 0.150. The van der Waals surface area contributed by atoms with Gasteiger partial charge in [0, 0.05) is 17.3 Å². The van der Waals surface area contributed by atoms with Crippen molar-refractivity contribution in [2.45, 2.75) is 6.54 Å². The average molecular weight is 403 g/mol. The molecule has 0 unspecified atom stereocenters. The zero-order valence-electron chi connectivity index (χ0n) is 14.7. The number of benzene rings is 3. The number of anilines is 1. The van der Waals surface area contributed by atoms with Crippen LogP contribution in [0.5, 0.6) is 0 Å². The molecule has 0 aliphatic rings. The van der Waals surface area contributed by atoms with Crippen molar-refractivity contribution in [3.05, 3.63) is 77.3 Å². The predicted octanol–water partition coefficient (Wildman–Crippen LogP) is 3.89. The molecule has 3 rings (SSSR count). The maximum atomic E-state index is 12.4. The molecule has 3 aromatic carbocycles. The Hall–Kier alpha value is -2.41. The van der Waals surface area contributed by atoms with Crippen molar-refractivity contribution in [3.8, 4) is 0 Å². The summed E-state index contributed by atoms with van der Waals surface area (Å²) in [6.07, 6.45) is 1.08.